The Morgan fingerprint density at radius 1 is 1.05 bits per heavy atom. The van der Waals surface area contributed by atoms with Gasteiger partial charge in [0.05, 0.1) is 23.5 Å². The molecule has 1 saturated heterocycles. The molecule has 2 rings (SSSR count). The van der Waals surface area contributed by atoms with Crippen LogP contribution in [0.5, 0.6) is 5.75 Å². The monoisotopic (exact) mass is 693 g/mol. The highest BCUT2D eigenvalue weighted by Crippen LogP contribution is 2.23. The Labute approximate surface area is 255 Å². The molecule has 1 aromatic rings. The molecule has 0 unspecified atom stereocenters. The molecular formula is C27H41ClIN5O6. The first-order chi connectivity index (χ1) is 18.5. The van der Waals surface area contributed by atoms with Gasteiger partial charge < -0.3 is 28.9 Å². The summed E-state index contributed by atoms with van der Waals surface area (Å²) in [7, 11) is 3.26. The van der Waals surface area contributed by atoms with Gasteiger partial charge in [0.1, 0.15) is 17.0 Å². The fraction of sp³-hybridized carbons (Fsp3) is 0.630. The second-order valence-electron chi connectivity index (χ2n) is 11.4. The first kappa shape index (κ1) is 33.7. The Bertz CT molecular complexity index is 1070. The van der Waals surface area contributed by atoms with Crippen LogP contribution in [0.3, 0.4) is 0 Å². The van der Waals surface area contributed by atoms with Crippen LogP contribution in [0.25, 0.3) is 0 Å². The molecule has 13 heteroatoms. The van der Waals surface area contributed by atoms with Gasteiger partial charge in [0.15, 0.2) is 0 Å². The molecule has 0 atom stereocenters. The van der Waals surface area contributed by atoms with E-state index in [1.807, 2.05) is 18.2 Å². The number of urea groups is 1. The van der Waals surface area contributed by atoms with E-state index in [1.165, 1.54) is 14.7 Å². The van der Waals surface area contributed by atoms with Gasteiger partial charge in [0.2, 0.25) is 5.96 Å². The van der Waals surface area contributed by atoms with Crippen LogP contribution in [0, 0.1) is 3.57 Å². The Balaban J connectivity index is 2.44. The molecule has 1 aliphatic rings. The standard InChI is InChI=1S/C27H41ClIN5O6/c1-26(2,3)39-23(35)30-22(33-17-31(7)24(36)32(8)18-33)34(25(37)40-27(4,5)6)14-12-19-10-11-21(20(29)16-19)38-15-9-13-28/h10-11,16H,9,12-15,17-18H2,1-8H3. The van der Waals surface area contributed by atoms with Gasteiger partial charge in [0, 0.05) is 26.5 Å². The maximum absolute atomic E-state index is 13.5. The predicted octanol–water partition coefficient (Wildman–Crippen LogP) is 5.58. The quantitative estimate of drug-likeness (QED) is 0.121. The van der Waals surface area contributed by atoms with E-state index < -0.39 is 23.4 Å². The van der Waals surface area contributed by atoms with Gasteiger partial charge in [-0.25, -0.2) is 19.3 Å². The lowest BCUT2D eigenvalue weighted by molar-refractivity contribution is 0.0314. The van der Waals surface area contributed by atoms with Crippen molar-refractivity contribution < 1.29 is 28.6 Å². The third-order valence-electron chi connectivity index (χ3n) is 5.30. The van der Waals surface area contributed by atoms with Crippen molar-refractivity contribution in [2.24, 2.45) is 4.99 Å². The minimum atomic E-state index is -0.855. The number of nitrogens with zero attached hydrogens (tertiary/aromatic N) is 5. The Kier molecular flexibility index (Phi) is 12.2. The van der Waals surface area contributed by atoms with Crippen molar-refractivity contribution in [3.8, 4) is 5.75 Å². The number of alkyl halides is 1. The van der Waals surface area contributed by atoms with Gasteiger partial charge in [-0.05, 0) is 94.7 Å². The second kappa shape index (κ2) is 14.4. The molecule has 1 fully saturated rings. The summed E-state index contributed by atoms with van der Waals surface area (Å²) in [6.45, 7) is 11.4. The highest BCUT2D eigenvalue weighted by atomic mass is 127. The molecule has 0 aromatic heterocycles. The lowest BCUT2D eigenvalue weighted by Gasteiger charge is -2.42. The van der Waals surface area contributed by atoms with Crippen molar-refractivity contribution in [2.45, 2.75) is 65.6 Å². The maximum Gasteiger partial charge on any atom is 0.437 e. The number of ether oxygens (including phenoxy) is 3. The topological polar surface area (TPSA) is 104 Å². The number of carbonyl (C=O) groups is 3. The van der Waals surface area contributed by atoms with Crippen LogP contribution in [0.1, 0.15) is 53.5 Å². The molecule has 0 radical (unpaired) electrons. The largest absolute Gasteiger partial charge is 0.492 e. The van der Waals surface area contributed by atoms with Gasteiger partial charge in [-0.15, -0.1) is 16.6 Å². The minimum Gasteiger partial charge on any atom is -0.492 e. The van der Waals surface area contributed by atoms with E-state index in [9.17, 15) is 14.4 Å². The molecule has 224 valence electrons. The van der Waals surface area contributed by atoms with Crippen LogP contribution < -0.4 is 4.74 Å². The van der Waals surface area contributed by atoms with E-state index in [0.717, 1.165) is 21.3 Å². The summed E-state index contributed by atoms with van der Waals surface area (Å²) in [6, 6.07) is 5.60. The van der Waals surface area contributed by atoms with Gasteiger partial charge in [0.25, 0.3) is 0 Å². The number of aliphatic imine (C=N–C) groups is 1. The van der Waals surface area contributed by atoms with Crippen LogP contribution in [0.15, 0.2) is 23.2 Å². The summed E-state index contributed by atoms with van der Waals surface area (Å²) >= 11 is 7.96. The Morgan fingerprint density at radius 3 is 2.17 bits per heavy atom. The molecule has 0 N–H and O–H groups in total. The van der Waals surface area contributed by atoms with Crippen LogP contribution in [-0.2, 0) is 15.9 Å². The molecule has 11 nitrogen and oxygen atoms in total. The molecular weight excluding hydrogens is 653 g/mol. The molecule has 0 bridgehead atoms. The summed E-state index contributed by atoms with van der Waals surface area (Å²) in [5, 5.41) is 0. The average molecular weight is 694 g/mol. The number of carbonyl (C=O) groups excluding carboxylic acids is 3. The fourth-order valence-electron chi connectivity index (χ4n) is 3.65. The smallest absolute Gasteiger partial charge is 0.437 e. The van der Waals surface area contributed by atoms with Crippen LogP contribution in [0.4, 0.5) is 14.4 Å². The van der Waals surface area contributed by atoms with Crippen LogP contribution in [0.2, 0.25) is 0 Å². The van der Waals surface area contributed by atoms with Gasteiger partial charge in [-0.1, -0.05) is 6.07 Å². The number of amides is 4. The van der Waals surface area contributed by atoms with E-state index in [0.29, 0.717) is 18.9 Å². The van der Waals surface area contributed by atoms with Crippen molar-refractivity contribution in [2.75, 3.05) is 46.5 Å². The third kappa shape index (κ3) is 10.8. The Hall–Kier alpha value is -2.48. The SMILES string of the molecule is CN1CN(C(=NC(=O)OC(C)(C)C)N(CCc2ccc(OCCCCl)c(I)c2)C(=O)OC(C)(C)C)CN(C)C1=O. The number of benzene rings is 1. The van der Waals surface area contributed by atoms with Gasteiger partial charge in [-0.3, -0.25) is 0 Å². The molecule has 0 saturated carbocycles. The van der Waals surface area contributed by atoms with Crippen molar-refractivity contribution in [3.05, 3.63) is 27.3 Å². The van der Waals surface area contributed by atoms with Crippen molar-refractivity contribution >= 4 is 58.4 Å². The van der Waals surface area contributed by atoms with E-state index in [-0.39, 0.29) is 31.9 Å². The summed E-state index contributed by atoms with van der Waals surface area (Å²) in [5.41, 5.74) is -0.643. The number of guanidine groups is 1. The van der Waals surface area contributed by atoms with Crippen molar-refractivity contribution in [1.29, 1.82) is 0 Å². The van der Waals surface area contributed by atoms with E-state index in [1.54, 1.807) is 60.5 Å². The predicted molar refractivity (Wildman–Crippen MR) is 163 cm³/mol. The number of rotatable bonds is 7. The third-order valence-corrected chi connectivity index (χ3v) is 6.41. The summed E-state index contributed by atoms with van der Waals surface area (Å²) in [4.78, 5) is 49.0. The van der Waals surface area contributed by atoms with Gasteiger partial charge >= 0.3 is 18.2 Å². The molecule has 1 aromatic carbocycles. The van der Waals surface area contributed by atoms with Crippen LogP contribution >= 0.6 is 34.2 Å². The van der Waals surface area contributed by atoms with E-state index >= 15 is 0 Å². The molecule has 1 aliphatic heterocycles. The van der Waals surface area contributed by atoms with Crippen LogP contribution in [-0.4, -0.2) is 101 Å². The van der Waals surface area contributed by atoms with E-state index in [4.69, 9.17) is 25.8 Å². The fourth-order valence-corrected chi connectivity index (χ4v) is 4.49. The lowest BCUT2D eigenvalue weighted by atomic mass is 10.1. The highest BCUT2D eigenvalue weighted by Gasteiger charge is 2.35. The second-order valence-corrected chi connectivity index (χ2v) is 13.0. The number of halogens is 2. The molecule has 0 spiro atoms. The Morgan fingerprint density at radius 2 is 1.65 bits per heavy atom. The average Bonchev–Trinajstić information content (AvgIpc) is 2.80. The highest BCUT2D eigenvalue weighted by molar-refractivity contribution is 14.1. The zero-order valence-electron chi connectivity index (χ0n) is 24.6. The summed E-state index contributed by atoms with van der Waals surface area (Å²) in [5.74, 6) is 1.32. The summed E-state index contributed by atoms with van der Waals surface area (Å²) < 4.78 is 17.9. The minimum absolute atomic E-state index is 0.0328. The van der Waals surface area contributed by atoms with Gasteiger partial charge in [-0.2, -0.15) is 0 Å². The molecule has 0 aliphatic carbocycles. The first-order valence-corrected chi connectivity index (χ1v) is 14.6. The zero-order chi connectivity index (χ0) is 30.3. The summed E-state index contributed by atoms with van der Waals surface area (Å²) in [6.07, 6.45) is -0.349. The van der Waals surface area contributed by atoms with E-state index in [2.05, 4.69) is 27.6 Å². The normalized spacial score (nSPS) is 14.8. The molecule has 1 heterocycles. The van der Waals surface area contributed by atoms with Crippen molar-refractivity contribution in [1.82, 2.24) is 19.6 Å². The molecule has 4 amide bonds. The maximum atomic E-state index is 13.5. The zero-order valence-corrected chi connectivity index (χ0v) is 27.5. The first-order valence-electron chi connectivity index (χ1n) is 13.0. The molecule has 40 heavy (non-hydrogen) atoms. The van der Waals surface area contributed by atoms with Crippen molar-refractivity contribution in [3.63, 3.8) is 0 Å². The lowest BCUT2D eigenvalue weighted by Crippen LogP contribution is -2.61. The number of hydrogen-bond donors (Lipinski definition) is 0. The number of hydrogen-bond acceptors (Lipinski definition) is 6.